The van der Waals surface area contributed by atoms with E-state index in [0.29, 0.717) is 16.8 Å². The number of carboxylic acid groups (broad SMARTS) is 1. The van der Waals surface area contributed by atoms with Gasteiger partial charge in [-0.2, -0.15) is 0 Å². The first-order chi connectivity index (χ1) is 8.81. The van der Waals surface area contributed by atoms with Gasteiger partial charge in [-0.3, -0.25) is 15.0 Å². The van der Waals surface area contributed by atoms with Gasteiger partial charge in [-0.1, -0.05) is 6.07 Å². The largest absolute Gasteiger partial charge is 0.480 e. The zero-order valence-electron chi connectivity index (χ0n) is 11.2. The van der Waals surface area contributed by atoms with Gasteiger partial charge < -0.3 is 5.11 Å². The fraction of sp³-hybridized carbons (Fsp3) is 0.417. The minimum atomic E-state index is -1.08. The van der Waals surface area contributed by atoms with Crippen molar-refractivity contribution in [3.05, 3.63) is 33.4 Å². The third kappa shape index (κ3) is 2.82. The van der Waals surface area contributed by atoms with Crippen molar-refractivity contribution in [2.45, 2.75) is 26.8 Å². The Hall–Kier alpha value is -2.15. The van der Waals surface area contributed by atoms with Crippen molar-refractivity contribution < 1.29 is 19.7 Å². The van der Waals surface area contributed by atoms with Crippen LogP contribution in [-0.4, -0.2) is 29.2 Å². The first kappa shape index (κ1) is 14.9. The average Bonchev–Trinajstić information content (AvgIpc) is 2.32. The van der Waals surface area contributed by atoms with Crippen LogP contribution in [0.15, 0.2) is 12.1 Å². The van der Waals surface area contributed by atoms with E-state index in [1.807, 2.05) is 0 Å². The second-order valence-corrected chi connectivity index (χ2v) is 4.15. The van der Waals surface area contributed by atoms with Crippen molar-refractivity contribution in [2.24, 2.45) is 0 Å². The Morgan fingerprint density at radius 2 is 2.05 bits per heavy atom. The molecule has 1 rings (SSSR count). The second kappa shape index (κ2) is 5.66. The number of hydroxylamine groups is 1. The highest BCUT2D eigenvalue weighted by molar-refractivity contribution is 5.79. The number of anilines is 1. The van der Waals surface area contributed by atoms with Crippen molar-refractivity contribution in [3.8, 4) is 0 Å². The molecule has 1 aromatic carbocycles. The minimum absolute atomic E-state index is 0.0692. The lowest BCUT2D eigenvalue weighted by molar-refractivity contribution is -0.385. The highest BCUT2D eigenvalue weighted by Gasteiger charge is 2.27. The maximum Gasteiger partial charge on any atom is 0.328 e. The maximum absolute atomic E-state index is 11.1. The van der Waals surface area contributed by atoms with Gasteiger partial charge in [-0.25, -0.2) is 9.86 Å². The van der Waals surface area contributed by atoms with Crippen molar-refractivity contribution in [1.29, 1.82) is 0 Å². The summed E-state index contributed by atoms with van der Waals surface area (Å²) in [5.41, 5.74) is 1.42. The summed E-state index contributed by atoms with van der Waals surface area (Å²) >= 11 is 0. The molecule has 1 atom stereocenters. The summed E-state index contributed by atoms with van der Waals surface area (Å²) in [6.07, 6.45) is 0. The molecule has 104 valence electrons. The number of hydrogen-bond donors (Lipinski definition) is 1. The fourth-order valence-corrected chi connectivity index (χ4v) is 1.91. The summed E-state index contributed by atoms with van der Waals surface area (Å²) in [5, 5.41) is 21.1. The van der Waals surface area contributed by atoms with Crippen LogP contribution < -0.4 is 5.06 Å². The summed E-state index contributed by atoms with van der Waals surface area (Å²) in [6, 6.07) is 2.01. The van der Waals surface area contributed by atoms with Crippen molar-refractivity contribution >= 4 is 17.3 Å². The van der Waals surface area contributed by atoms with E-state index in [4.69, 9.17) is 9.94 Å². The van der Waals surface area contributed by atoms with E-state index in [0.717, 1.165) is 0 Å². The van der Waals surface area contributed by atoms with Crippen LogP contribution in [0.4, 0.5) is 11.4 Å². The van der Waals surface area contributed by atoms with Crippen LogP contribution in [0.25, 0.3) is 0 Å². The molecular formula is C12H16N2O5. The first-order valence-corrected chi connectivity index (χ1v) is 5.62. The molecule has 0 aliphatic heterocycles. The second-order valence-electron chi connectivity index (χ2n) is 4.15. The molecule has 0 spiro atoms. The third-order valence-corrected chi connectivity index (χ3v) is 2.93. The maximum atomic E-state index is 11.1. The normalized spacial score (nSPS) is 12.0. The molecular weight excluding hydrogens is 252 g/mol. The van der Waals surface area contributed by atoms with Crippen LogP contribution in [0.5, 0.6) is 0 Å². The highest BCUT2D eigenvalue weighted by atomic mass is 16.7. The molecule has 0 saturated carbocycles. The Kier molecular flexibility index (Phi) is 4.44. The zero-order chi connectivity index (χ0) is 14.7. The topological polar surface area (TPSA) is 92.9 Å². The molecule has 0 unspecified atom stereocenters. The molecule has 0 heterocycles. The van der Waals surface area contributed by atoms with Gasteiger partial charge in [0, 0.05) is 6.07 Å². The molecule has 19 heavy (non-hydrogen) atoms. The van der Waals surface area contributed by atoms with E-state index in [-0.39, 0.29) is 5.69 Å². The lowest BCUT2D eigenvalue weighted by Crippen LogP contribution is -2.39. The summed E-state index contributed by atoms with van der Waals surface area (Å²) in [4.78, 5) is 26.6. The monoisotopic (exact) mass is 268 g/mol. The van der Waals surface area contributed by atoms with E-state index in [1.54, 1.807) is 19.9 Å². The van der Waals surface area contributed by atoms with E-state index in [9.17, 15) is 14.9 Å². The predicted octanol–water partition coefficient (Wildman–Crippen LogP) is 2.05. The molecule has 1 aromatic rings. The first-order valence-electron chi connectivity index (χ1n) is 5.62. The number of aryl methyl sites for hydroxylation is 1. The van der Waals surface area contributed by atoms with E-state index in [1.165, 1.54) is 25.2 Å². The van der Waals surface area contributed by atoms with Crippen molar-refractivity contribution in [3.63, 3.8) is 0 Å². The average molecular weight is 268 g/mol. The fourth-order valence-electron chi connectivity index (χ4n) is 1.91. The van der Waals surface area contributed by atoms with Gasteiger partial charge in [0.15, 0.2) is 6.04 Å². The molecule has 0 saturated heterocycles. The van der Waals surface area contributed by atoms with E-state index < -0.39 is 16.9 Å². The zero-order valence-corrected chi connectivity index (χ0v) is 11.2. The van der Waals surface area contributed by atoms with E-state index in [2.05, 4.69) is 0 Å². The Balaban J connectivity index is 3.42. The van der Waals surface area contributed by atoms with Crippen LogP contribution in [0.2, 0.25) is 0 Å². The van der Waals surface area contributed by atoms with Crippen LogP contribution in [0.1, 0.15) is 18.1 Å². The van der Waals surface area contributed by atoms with Gasteiger partial charge in [0.25, 0.3) is 5.69 Å². The smallest absolute Gasteiger partial charge is 0.328 e. The van der Waals surface area contributed by atoms with Crippen LogP contribution in [-0.2, 0) is 9.63 Å². The van der Waals surface area contributed by atoms with Gasteiger partial charge >= 0.3 is 5.97 Å². The van der Waals surface area contributed by atoms with Gasteiger partial charge in [0.2, 0.25) is 0 Å². The number of aliphatic carboxylic acids is 1. The van der Waals surface area contributed by atoms with Crippen LogP contribution in [0.3, 0.4) is 0 Å². The Bertz CT molecular complexity index is 515. The minimum Gasteiger partial charge on any atom is -0.480 e. The van der Waals surface area contributed by atoms with Crippen molar-refractivity contribution in [1.82, 2.24) is 0 Å². The lowest BCUT2D eigenvalue weighted by atomic mass is 10.1. The SMILES string of the molecule is CON(c1c(C)ccc([N+](=O)[O-])c1C)[C@@H](C)C(=O)O. The molecule has 0 radical (unpaired) electrons. The van der Waals surface area contributed by atoms with Gasteiger partial charge in [0.05, 0.1) is 23.3 Å². The number of carbonyl (C=O) groups is 1. The number of nitro benzene ring substituents is 1. The molecule has 0 aliphatic carbocycles. The molecule has 0 fully saturated rings. The summed E-state index contributed by atoms with van der Waals surface area (Å²) in [7, 11) is 1.33. The van der Waals surface area contributed by atoms with Gasteiger partial charge in [-0.05, 0) is 26.3 Å². The number of rotatable bonds is 5. The highest BCUT2D eigenvalue weighted by Crippen LogP contribution is 2.33. The van der Waals surface area contributed by atoms with Crippen LogP contribution in [0, 0.1) is 24.0 Å². The Morgan fingerprint density at radius 3 is 2.47 bits per heavy atom. The third-order valence-electron chi connectivity index (χ3n) is 2.93. The molecule has 0 aliphatic rings. The quantitative estimate of drug-likeness (QED) is 0.649. The number of benzene rings is 1. The molecule has 7 heteroatoms. The van der Waals surface area contributed by atoms with Crippen molar-refractivity contribution in [2.75, 3.05) is 12.2 Å². The summed E-state index contributed by atoms with van der Waals surface area (Å²) in [6.45, 7) is 4.76. The molecule has 0 aromatic heterocycles. The molecule has 7 nitrogen and oxygen atoms in total. The lowest BCUT2D eigenvalue weighted by Gasteiger charge is -2.28. The standard InChI is InChI=1S/C12H16N2O5/c1-7-5-6-10(14(17)18)8(2)11(7)13(19-4)9(3)12(15)16/h5-6,9H,1-4H3,(H,15,16)/t9-/m0/s1. The molecule has 1 N–H and O–H groups in total. The van der Waals surface area contributed by atoms with Gasteiger partial charge in [0.1, 0.15) is 0 Å². The summed E-state index contributed by atoms with van der Waals surface area (Å²) < 4.78 is 0. The Labute approximate surface area is 110 Å². The number of nitrogens with zero attached hydrogens (tertiary/aromatic N) is 2. The molecule has 0 amide bonds. The van der Waals surface area contributed by atoms with Gasteiger partial charge in [-0.15, -0.1) is 0 Å². The Morgan fingerprint density at radius 1 is 1.47 bits per heavy atom. The van der Waals surface area contributed by atoms with E-state index >= 15 is 0 Å². The number of nitro groups is 1. The summed E-state index contributed by atoms with van der Waals surface area (Å²) in [5.74, 6) is -1.08. The number of hydrogen-bond acceptors (Lipinski definition) is 5. The molecule has 0 bridgehead atoms. The number of carboxylic acids is 1. The van der Waals surface area contributed by atoms with Crippen LogP contribution >= 0.6 is 0 Å². The predicted molar refractivity (Wildman–Crippen MR) is 69.2 cm³/mol.